The molecule has 2 aromatic heterocycles. The smallest absolute Gasteiger partial charge is 0.141 e. The van der Waals surface area contributed by atoms with Crippen LogP contribution in [0.4, 0.5) is 4.39 Å². The highest BCUT2D eigenvalue weighted by Gasteiger charge is 2.15. The fourth-order valence-corrected chi connectivity index (χ4v) is 3.31. The van der Waals surface area contributed by atoms with Gasteiger partial charge >= 0.3 is 0 Å². The molecule has 5 heteroatoms. The molecule has 0 aliphatic heterocycles. The third-order valence-electron chi connectivity index (χ3n) is 4.69. The largest absolute Gasteiger partial charge is 0.457 e. The maximum Gasteiger partial charge on any atom is 0.141 e. The van der Waals surface area contributed by atoms with E-state index in [9.17, 15) is 4.39 Å². The molecule has 0 aliphatic carbocycles. The monoisotopic (exact) mass is 381 g/mol. The predicted molar refractivity (Wildman–Crippen MR) is 111 cm³/mol. The Morgan fingerprint density at radius 2 is 1.55 bits per heavy atom. The standard InChI is InChI=1S/C24H16FN3O/c25-17-12-10-16(11-13-17)21-14-20-23(26-15-27-24(20)28-21)19-8-4-5-9-22(19)29-18-6-2-1-3-7-18/h1-15H,(H,26,27,28). The lowest BCUT2D eigenvalue weighted by Crippen LogP contribution is -1.91. The maximum absolute atomic E-state index is 13.3. The summed E-state index contributed by atoms with van der Waals surface area (Å²) in [4.78, 5) is 12.2. The van der Waals surface area contributed by atoms with Gasteiger partial charge in [0.05, 0.1) is 5.69 Å². The van der Waals surface area contributed by atoms with E-state index in [1.165, 1.54) is 18.5 Å². The number of hydrogen-bond donors (Lipinski definition) is 1. The topological polar surface area (TPSA) is 50.8 Å². The number of para-hydroxylation sites is 2. The Labute approximate surface area is 166 Å². The highest BCUT2D eigenvalue weighted by atomic mass is 19.1. The summed E-state index contributed by atoms with van der Waals surface area (Å²) >= 11 is 0. The number of nitrogens with one attached hydrogen (secondary N) is 1. The number of aromatic nitrogens is 3. The summed E-state index contributed by atoms with van der Waals surface area (Å²) in [6.07, 6.45) is 1.53. The Bertz CT molecular complexity index is 1280. The molecule has 140 valence electrons. The molecule has 0 unspecified atom stereocenters. The summed E-state index contributed by atoms with van der Waals surface area (Å²) in [5.74, 6) is 1.20. The van der Waals surface area contributed by atoms with Gasteiger partial charge in [0.15, 0.2) is 0 Å². The molecule has 2 heterocycles. The second kappa shape index (κ2) is 7.20. The number of hydrogen-bond acceptors (Lipinski definition) is 3. The van der Waals surface area contributed by atoms with Gasteiger partial charge in [-0.25, -0.2) is 14.4 Å². The number of aromatic amines is 1. The molecule has 1 N–H and O–H groups in total. The van der Waals surface area contributed by atoms with Crippen LogP contribution >= 0.6 is 0 Å². The SMILES string of the molecule is Fc1ccc(-c2cc3c(-c4ccccc4Oc4ccccc4)ncnc3[nH]2)cc1. The van der Waals surface area contributed by atoms with Crippen LogP contribution in [0.5, 0.6) is 11.5 Å². The van der Waals surface area contributed by atoms with E-state index in [4.69, 9.17) is 4.74 Å². The van der Waals surface area contributed by atoms with E-state index in [1.54, 1.807) is 12.1 Å². The lowest BCUT2D eigenvalue weighted by atomic mass is 10.1. The van der Waals surface area contributed by atoms with Gasteiger partial charge in [0.25, 0.3) is 0 Å². The van der Waals surface area contributed by atoms with Crippen molar-refractivity contribution < 1.29 is 9.13 Å². The third kappa shape index (κ3) is 3.34. The number of H-pyrrole nitrogens is 1. The number of fused-ring (bicyclic) bond motifs is 1. The van der Waals surface area contributed by atoms with Crippen molar-refractivity contribution in [3.8, 4) is 34.0 Å². The average Bonchev–Trinajstić information content (AvgIpc) is 3.20. The number of nitrogens with zero attached hydrogens (tertiary/aromatic N) is 2. The van der Waals surface area contributed by atoms with Crippen molar-refractivity contribution in [2.45, 2.75) is 0 Å². The molecule has 5 aromatic rings. The van der Waals surface area contributed by atoms with E-state index in [0.717, 1.165) is 33.7 Å². The number of halogens is 1. The van der Waals surface area contributed by atoms with Crippen LogP contribution in [-0.2, 0) is 0 Å². The van der Waals surface area contributed by atoms with Gasteiger partial charge in [0.1, 0.15) is 29.3 Å². The number of benzene rings is 3. The first-order valence-corrected chi connectivity index (χ1v) is 9.20. The molecule has 4 nitrogen and oxygen atoms in total. The molecule has 0 aliphatic rings. The van der Waals surface area contributed by atoms with Gasteiger partial charge in [-0.1, -0.05) is 30.3 Å². The van der Waals surface area contributed by atoms with E-state index < -0.39 is 0 Å². The molecular formula is C24H16FN3O. The van der Waals surface area contributed by atoms with Crippen LogP contribution in [0.1, 0.15) is 0 Å². The number of rotatable bonds is 4. The zero-order valence-electron chi connectivity index (χ0n) is 15.3. The van der Waals surface area contributed by atoms with Crippen LogP contribution in [0, 0.1) is 5.82 Å². The van der Waals surface area contributed by atoms with Crippen molar-refractivity contribution in [2.75, 3.05) is 0 Å². The molecule has 0 radical (unpaired) electrons. The molecule has 5 rings (SSSR count). The summed E-state index contributed by atoms with van der Waals surface area (Å²) in [5, 5.41) is 0.871. The van der Waals surface area contributed by atoms with Gasteiger partial charge in [-0.2, -0.15) is 0 Å². The molecule has 0 amide bonds. The highest BCUT2D eigenvalue weighted by Crippen LogP contribution is 2.36. The Morgan fingerprint density at radius 3 is 2.38 bits per heavy atom. The van der Waals surface area contributed by atoms with Crippen LogP contribution in [-0.4, -0.2) is 15.0 Å². The van der Waals surface area contributed by atoms with Crippen LogP contribution in [0.2, 0.25) is 0 Å². The van der Waals surface area contributed by atoms with Crippen LogP contribution in [0.25, 0.3) is 33.5 Å². The van der Waals surface area contributed by atoms with Crippen molar-refractivity contribution in [3.63, 3.8) is 0 Å². The molecule has 0 saturated heterocycles. The summed E-state index contributed by atoms with van der Waals surface area (Å²) in [6.45, 7) is 0. The zero-order chi connectivity index (χ0) is 19.6. The molecule has 3 aromatic carbocycles. The Balaban J connectivity index is 1.62. The zero-order valence-corrected chi connectivity index (χ0v) is 15.3. The third-order valence-corrected chi connectivity index (χ3v) is 4.69. The quantitative estimate of drug-likeness (QED) is 0.402. The molecule has 29 heavy (non-hydrogen) atoms. The fourth-order valence-electron chi connectivity index (χ4n) is 3.31. The first-order valence-electron chi connectivity index (χ1n) is 9.20. The second-order valence-corrected chi connectivity index (χ2v) is 6.59. The molecule has 0 spiro atoms. The van der Waals surface area contributed by atoms with Crippen LogP contribution in [0.3, 0.4) is 0 Å². The normalized spacial score (nSPS) is 10.9. The van der Waals surface area contributed by atoms with Gasteiger partial charge in [-0.3, -0.25) is 0 Å². The highest BCUT2D eigenvalue weighted by molar-refractivity contribution is 5.95. The molecular weight excluding hydrogens is 365 g/mol. The van der Waals surface area contributed by atoms with Crippen molar-refractivity contribution >= 4 is 11.0 Å². The van der Waals surface area contributed by atoms with Crippen LogP contribution in [0.15, 0.2) is 91.3 Å². The molecule has 0 atom stereocenters. The van der Waals surface area contributed by atoms with Crippen molar-refractivity contribution in [1.82, 2.24) is 15.0 Å². The minimum atomic E-state index is -0.266. The van der Waals surface area contributed by atoms with Gasteiger partial charge in [0, 0.05) is 16.6 Å². The van der Waals surface area contributed by atoms with Gasteiger partial charge in [0.2, 0.25) is 0 Å². The fraction of sp³-hybridized carbons (Fsp3) is 0. The Hall–Kier alpha value is -3.99. The van der Waals surface area contributed by atoms with E-state index in [1.807, 2.05) is 60.7 Å². The second-order valence-electron chi connectivity index (χ2n) is 6.59. The molecule has 0 fully saturated rings. The van der Waals surface area contributed by atoms with Gasteiger partial charge in [-0.05, 0) is 60.2 Å². The maximum atomic E-state index is 13.3. The van der Waals surface area contributed by atoms with Crippen molar-refractivity contribution in [3.05, 3.63) is 97.1 Å². The summed E-state index contributed by atoms with van der Waals surface area (Å²) in [7, 11) is 0. The van der Waals surface area contributed by atoms with E-state index >= 15 is 0 Å². The van der Waals surface area contributed by atoms with E-state index in [0.29, 0.717) is 11.4 Å². The Kier molecular flexibility index (Phi) is 4.26. The Morgan fingerprint density at radius 1 is 0.793 bits per heavy atom. The summed E-state index contributed by atoms with van der Waals surface area (Å²) in [6, 6.07) is 25.8. The lowest BCUT2D eigenvalue weighted by Gasteiger charge is -2.11. The number of ether oxygens (including phenoxy) is 1. The minimum absolute atomic E-state index is 0.266. The van der Waals surface area contributed by atoms with Crippen molar-refractivity contribution in [1.29, 1.82) is 0 Å². The average molecular weight is 381 g/mol. The van der Waals surface area contributed by atoms with E-state index in [2.05, 4.69) is 15.0 Å². The molecule has 0 saturated carbocycles. The van der Waals surface area contributed by atoms with Crippen LogP contribution < -0.4 is 4.74 Å². The summed E-state index contributed by atoms with van der Waals surface area (Å²) in [5.41, 5.74) is 4.08. The molecule has 0 bridgehead atoms. The summed E-state index contributed by atoms with van der Waals surface area (Å²) < 4.78 is 19.4. The van der Waals surface area contributed by atoms with Gasteiger partial charge in [-0.15, -0.1) is 0 Å². The first-order chi connectivity index (χ1) is 14.3. The lowest BCUT2D eigenvalue weighted by molar-refractivity contribution is 0.484. The first kappa shape index (κ1) is 17.1. The minimum Gasteiger partial charge on any atom is -0.457 e. The van der Waals surface area contributed by atoms with Crippen molar-refractivity contribution in [2.24, 2.45) is 0 Å². The van der Waals surface area contributed by atoms with E-state index in [-0.39, 0.29) is 5.82 Å². The van der Waals surface area contributed by atoms with Gasteiger partial charge < -0.3 is 9.72 Å². The predicted octanol–water partition coefficient (Wildman–Crippen LogP) is 6.22.